The van der Waals surface area contributed by atoms with Gasteiger partial charge in [-0.25, -0.2) is 4.68 Å². The van der Waals surface area contributed by atoms with Crippen molar-refractivity contribution >= 4 is 5.69 Å². The Morgan fingerprint density at radius 3 is 2.55 bits per heavy atom. The van der Waals surface area contributed by atoms with Gasteiger partial charge >= 0.3 is 0 Å². The molecule has 2 aromatic rings. The van der Waals surface area contributed by atoms with Gasteiger partial charge in [-0.2, -0.15) is 5.10 Å². The molecule has 1 aromatic heterocycles. The second-order valence-electron chi connectivity index (χ2n) is 4.98. The fourth-order valence-corrected chi connectivity index (χ4v) is 1.91. The largest absolute Gasteiger partial charge is 0.310 e. The van der Waals surface area contributed by atoms with Crippen molar-refractivity contribution in [1.82, 2.24) is 15.1 Å². The Bertz CT molecular complexity index is 602. The molecule has 0 atom stereocenters. The fourth-order valence-electron chi connectivity index (χ4n) is 1.91. The van der Waals surface area contributed by atoms with Crippen LogP contribution in [0, 0.1) is 17.0 Å². The number of hydrogen-bond donors (Lipinski definition) is 1. The molecule has 106 valence electrons. The Kier molecular flexibility index (Phi) is 4.14. The van der Waals surface area contributed by atoms with Gasteiger partial charge in [0, 0.05) is 36.0 Å². The van der Waals surface area contributed by atoms with Crippen molar-refractivity contribution in [2.75, 3.05) is 0 Å². The number of nitro benzene ring substituents is 1. The van der Waals surface area contributed by atoms with Gasteiger partial charge in [0.15, 0.2) is 0 Å². The molecule has 2 rings (SSSR count). The monoisotopic (exact) mass is 274 g/mol. The average Bonchev–Trinajstić information content (AvgIpc) is 2.78. The van der Waals surface area contributed by atoms with Crippen LogP contribution in [0.4, 0.5) is 5.69 Å². The molecule has 0 saturated heterocycles. The molecule has 0 aliphatic rings. The molecule has 1 aromatic carbocycles. The van der Waals surface area contributed by atoms with Crippen molar-refractivity contribution in [3.05, 3.63) is 51.8 Å². The molecule has 0 amide bonds. The molecule has 0 fully saturated rings. The standard InChI is InChI=1S/C14H18N4O2/c1-10(2)15-8-12-9-16-17(11(12)3)13-4-6-14(7-5-13)18(19)20/h4-7,9-10,15H,8H2,1-3H3. The van der Waals surface area contributed by atoms with E-state index in [1.165, 1.54) is 12.1 Å². The minimum Gasteiger partial charge on any atom is -0.310 e. The maximum Gasteiger partial charge on any atom is 0.269 e. The molecule has 1 N–H and O–H groups in total. The van der Waals surface area contributed by atoms with Crippen LogP contribution >= 0.6 is 0 Å². The number of nitrogens with one attached hydrogen (secondary N) is 1. The van der Waals surface area contributed by atoms with Gasteiger partial charge in [-0.1, -0.05) is 13.8 Å². The minimum atomic E-state index is -0.405. The third kappa shape index (κ3) is 3.03. The molecular formula is C14H18N4O2. The minimum absolute atomic E-state index is 0.0836. The zero-order valence-electron chi connectivity index (χ0n) is 11.8. The first-order valence-corrected chi connectivity index (χ1v) is 6.50. The second kappa shape index (κ2) is 5.83. The predicted molar refractivity (Wildman–Crippen MR) is 76.9 cm³/mol. The zero-order chi connectivity index (χ0) is 14.7. The number of aromatic nitrogens is 2. The Hall–Kier alpha value is -2.21. The zero-order valence-corrected chi connectivity index (χ0v) is 11.8. The molecule has 0 bridgehead atoms. The van der Waals surface area contributed by atoms with Crippen molar-refractivity contribution in [3.8, 4) is 5.69 Å². The van der Waals surface area contributed by atoms with E-state index in [4.69, 9.17) is 0 Å². The van der Waals surface area contributed by atoms with Crippen molar-refractivity contribution in [2.24, 2.45) is 0 Å². The molecule has 0 saturated carbocycles. The average molecular weight is 274 g/mol. The Balaban J connectivity index is 2.22. The van der Waals surface area contributed by atoms with E-state index in [9.17, 15) is 10.1 Å². The lowest BCUT2D eigenvalue weighted by Crippen LogP contribution is -2.22. The van der Waals surface area contributed by atoms with Crippen LogP contribution in [-0.2, 0) is 6.54 Å². The van der Waals surface area contributed by atoms with Crippen LogP contribution in [0.15, 0.2) is 30.5 Å². The SMILES string of the molecule is Cc1c(CNC(C)C)cnn1-c1ccc([N+](=O)[O-])cc1. The van der Waals surface area contributed by atoms with Crippen LogP contribution in [0.25, 0.3) is 5.69 Å². The predicted octanol–water partition coefficient (Wildman–Crippen LogP) is 2.59. The summed E-state index contributed by atoms with van der Waals surface area (Å²) in [6, 6.07) is 6.80. The van der Waals surface area contributed by atoms with Gasteiger partial charge < -0.3 is 5.32 Å². The maximum atomic E-state index is 10.6. The van der Waals surface area contributed by atoms with Gasteiger partial charge in [0.25, 0.3) is 5.69 Å². The summed E-state index contributed by atoms with van der Waals surface area (Å²) >= 11 is 0. The van der Waals surface area contributed by atoms with Gasteiger partial charge in [0.05, 0.1) is 16.8 Å². The van der Waals surface area contributed by atoms with Gasteiger partial charge in [-0.05, 0) is 19.1 Å². The highest BCUT2D eigenvalue weighted by Gasteiger charge is 2.10. The van der Waals surface area contributed by atoms with E-state index >= 15 is 0 Å². The lowest BCUT2D eigenvalue weighted by atomic mass is 10.2. The lowest BCUT2D eigenvalue weighted by molar-refractivity contribution is -0.384. The molecule has 0 radical (unpaired) electrons. The van der Waals surface area contributed by atoms with Crippen molar-refractivity contribution < 1.29 is 4.92 Å². The highest BCUT2D eigenvalue weighted by atomic mass is 16.6. The normalized spacial score (nSPS) is 11.0. The van der Waals surface area contributed by atoms with Crippen LogP contribution in [-0.4, -0.2) is 20.7 Å². The van der Waals surface area contributed by atoms with Crippen LogP contribution in [0.3, 0.4) is 0 Å². The van der Waals surface area contributed by atoms with E-state index in [0.717, 1.165) is 23.5 Å². The van der Waals surface area contributed by atoms with E-state index in [1.54, 1.807) is 16.8 Å². The first kappa shape index (κ1) is 14.2. The van der Waals surface area contributed by atoms with Gasteiger partial charge in [0.2, 0.25) is 0 Å². The Morgan fingerprint density at radius 1 is 1.35 bits per heavy atom. The van der Waals surface area contributed by atoms with Gasteiger partial charge in [-0.15, -0.1) is 0 Å². The van der Waals surface area contributed by atoms with Crippen molar-refractivity contribution in [1.29, 1.82) is 0 Å². The number of nitrogens with zero attached hydrogens (tertiary/aromatic N) is 3. The summed E-state index contributed by atoms with van der Waals surface area (Å²) in [6.45, 7) is 6.94. The molecule has 0 aliphatic heterocycles. The van der Waals surface area contributed by atoms with Crippen LogP contribution in [0.5, 0.6) is 0 Å². The quantitative estimate of drug-likeness (QED) is 0.672. The number of nitro groups is 1. The first-order valence-electron chi connectivity index (χ1n) is 6.50. The van der Waals surface area contributed by atoms with Crippen molar-refractivity contribution in [3.63, 3.8) is 0 Å². The van der Waals surface area contributed by atoms with E-state index in [1.807, 2.05) is 13.1 Å². The molecular weight excluding hydrogens is 256 g/mol. The van der Waals surface area contributed by atoms with Crippen molar-refractivity contribution in [2.45, 2.75) is 33.4 Å². The number of hydrogen-bond acceptors (Lipinski definition) is 4. The molecule has 0 aliphatic carbocycles. The van der Waals surface area contributed by atoms with E-state index < -0.39 is 4.92 Å². The van der Waals surface area contributed by atoms with E-state index in [-0.39, 0.29) is 5.69 Å². The smallest absolute Gasteiger partial charge is 0.269 e. The molecule has 1 heterocycles. The maximum absolute atomic E-state index is 10.6. The van der Waals surface area contributed by atoms with Crippen LogP contribution in [0.2, 0.25) is 0 Å². The Morgan fingerprint density at radius 2 is 2.00 bits per heavy atom. The number of benzene rings is 1. The van der Waals surface area contributed by atoms with Gasteiger partial charge in [-0.3, -0.25) is 10.1 Å². The molecule has 6 nitrogen and oxygen atoms in total. The highest BCUT2D eigenvalue weighted by molar-refractivity contribution is 5.41. The summed E-state index contributed by atoms with van der Waals surface area (Å²) in [5.41, 5.74) is 3.06. The molecule has 20 heavy (non-hydrogen) atoms. The molecule has 0 spiro atoms. The number of rotatable bonds is 5. The van der Waals surface area contributed by atoms with E-state index in [0.29, 0.717) is 6.04 Å². The fraction of sp³-hybridized carbons (Fsp3) is 0.357. The van der Waals surface area contributed by atoms with Crippen LogP contribution < -0.4 is 5.32 Å². The van der Waals surface area contributed by atoms with E-state index in [2.05, 4.69) is 24.3 Å². The topological polar surface area (TPSA) is 73.0 Å². The Labute approximate surface area is 117 Å². The van der Waals surface area contributed by atoms with Gasteiger partial charge in [0.1, 0.15) is 0 Å². The molecule has 6 heteroatoms. The molecule has 0 unspecified atom stereocenters. The summed E-state index contributed by atoms with van der Waals surface area (Å²) in [5.74, 6) is 0. The lowest BCUT2D eigenvalue weighted by Gasteiger charge is -2.08. The highest BCUT2D eigenvalue weighted by Crippen LogP contribution is 2.18. The first-order chi connectivity index (χ1) is 9.49. The second-order valence-corrected chi connectivity index (χ2v) is 4.98. The summed E-state index contributed by atoms with van der Waals surface area (Å²) in [5, 5.41) is 18.3. The summed E-state index contributed by atoms with van der Waals surface area (Å²) < 4.78 is 1.79. The van der Waals surface area contributed by atoms with Crippen LogP contribution in [0.1, 0.15) is 25.1 Å². The third-order valence-electron chi connectivity index (χ3n) is 3.12. The third-order valence-corrected chi connectivity index (χ3v) is 3.12. The summed E-state index contributed by atoms with van der Waals surface area (Å²) in [6.07, 6.45) is 1.83. The summed E-state index contributed by atoms with van der Waals surface area (Å²) in [7, 11) is 0. The number of non-ortho nitro benzene ring substituents is 1. The summed E-state index contributed by atoms with van der Waals surface area (Å²) in [4.78, 5) is 10.2.